The largest absolute Gasteiger partial charge is 0.393 e. The molecule has 0 saturated carbocycles. The number of nitrogens with one attached hydrogen (secondary N) is 1. The molecule has 1 aliphatic rings. The van der Waals surface area contributed by atoms with Gasteiger partial charge in [0.05, 0.1) is 18.2 Å². The molecule has 1 heterocycles. The second-order valence-corrected chi connectivity index (χ2v) is 5.26. The summed E-state index contributed by atoms with van der Waals surface area (Å²) in [5.74, 6) is 0. The first-order chi connectivity index (χ1) is 9.15. The molecule has 1 saturated heterocycles. The molecular formula is C15H31NO3. The topological polar surface area (TPSA) is 69.6 Å². The fraction of sp³-hybridized carbons (Fsp3) is 0.933. The Morgan fingerprint density at radius 1 is 1.21 bits per heavy atom. The average Bonchev–Trinajstić information content (AvgIpc) is 2.81. The summed E-state index contributed by atoms with van der Waals surface area (Å²) in [7, 11) is 0. The molecule has 0 spiro atoms. The van der Waals surface area contributed by atoms with Crippen molar-refractivity contribution in [2.45, 2.75) is 83.5 Å². The number of aliphatic hydroxyl groups excluding tert-OH is 2. The van der Waals surface area contributed by atoms with Crippen LogP contribution in [-0.2, 0) is 4.79 Å². The van der Waals surface area contributed by atoms with E-state index in [0.717, 1.165) is 32.1 Å². The van der Waals surface area contributed by atoms with E-state index < -0.39 is 6.10 Å². The van der Waals surface area contributed by atoms with Crippen molar-refractivity contribution in [3.8, 4) is 0 Å². The van der Waals surface area contributed by atoms with Crippen LogP contribution in [0.3, 0.4) is 0 Å². The Kier molecular flexibility index (Phi) is 12.3. The number of carbonyl (C=O) groups excluding carboxylic acids is 1. The fourth-order valence-electron chi connectivity index (χ4n) is 2.14. The Morgan fingerprint density at radius 2 is 1.95 bits per heavy atom. The van der Waals surface area contributed by atoms with Gasteiger partial charge in [0.1, 0.15) is 6.29 Å². The van der Waals surface area contributed by atoms with Crippen LogP contribution in [-0.4, -0.2) is 41.3 Å². The number of hydrogen-bond acceptors (Lipinski definition) is 4. The lowest BCUT2D eigenvalue weighted by molar-refractivity contribution is -0.110. The maximum Gasteiger partial charge on any atom is 0.139 e. The zero-order valence-electron chi connectivity index (χ0n) is 12.5. The monoisotopic (exact) mass is 273 g/mol. The van der Waals surface area contributed by atoms with Gasteiger partial charge >= 0.3 is 0 Å². The summed E-state index contributed by atoms with van der Waals surface area (Å²) in [6.45, 7) is 5.09. The number of carbonyl (C=O) groups is 1. The van der Waals surface area contributed by atoms with Crippen molar-refractivity contribution >= 4 is 6.29 Å². The van der Waals surface area contributed by atoms with E-state index in [1.165, 1.54) is 25.7 Å². The molecule has 114 valence electrons. The van der Waals surface area contributed by atoms with Gasteiger partial charge in [0, 0.05) is 0 Å². The quantitative estimate of drug-likeness (QED) is 0.467. The summed E-state index contributed by atoms with van der Waals surface area (Å²) >= 11 is 0. The lowest BCUT2D eigenvalue weighted by atomic mass is 10.1. The molecule has 1 aliphatic heterocycles. The van der Waals surface area contributed by atoms with Crippen molar-refractivity contribution < 1.29 is 15.0 Å². The third kappa shape index (κ3) is 10.0. The molecule has 3 atom stereocenters. The number of unbranched alkanes of at least 4 members (excludes halogenated alkanes) is 3. The first-order valence-corrected chi connectivity index (χ1v) is 7.70. The highest BCUT2D eigenvalue weighted by atomic mass is 16.3. The highest BCUT2D eigenvalue weighted by Crippen LogP contribution is 2.08. The second-order valence-electron chi connectivity index (χ2n) is 5.26. The molecule has 1 fully saturated rings. The number of rotatable bonds is 8. The first-order valence-electron chi connectivity index (χ1n) is 7.70. The summed E-state index contributed by atoms with van der Waals surface area (Å²) in [5, 5.41) is 21.1. The van der Waals surface area contributed by atoms with Gasteiger partial charge in [-0.2, -0.15) is 0 Å². The van der Waals surface area contributed by atoms with E-state index in [1.807, 2.05) is 0 Å². The van der Waals surface area contributed by atoms with Crippen molar-refractivity contribution in [2.24, 2.45) is 0 Å². The maximum absolute atomic E-state index is 10.00. The summed E-state index contributed by atoms with van der Waals surface area (Å²) in [6.07, 6.45) is 9.15. The molecule has 0 radical (unpaired) electrons. The summed E-state index contributed by atoms with van der Waals surface area (Å²) in [5.41, 5.74) is 0. The molecule has 3 N–H and O–H groups in total. The molecule has 0 aliphatic carbocycles. The summed E-state index contributed by atoms with van der Waals surface area (Å²) < 4.78 is 0. The van der Waals surface area contributed by atoms with Gasteiger partial charge in [0.2, 0.25) is 0 Å². The predicted molar refractivity (Wildman–Crippen MR) is 78.2 cm³/mol. The van der Waals surface area contributed by atoms with Crippen molar-refractivity contribution in [2.75, 3.05) is 6.54 Å². The Balaban J connectivity index is 0.000000356. The van der Waals surface area contributed by atoms with Gasteiger partial charge in [-0.1, -0.05) is 46.0 Å². The van der Waals surface area contributed by atoms with Crippen LogP contribution in [0.15, 0.2) is 0 Å². The Bertz CT molecular complexity index is 212. The van der Waals surface area contributed by atoms with E-state index in [2.05, 4.69) is 19.2 Å². The minimum Gasteiger partial charge on any atom is -0.393 e. The molecule has 1 rings (SSSR count). The van der Waals surface area contributed by atoms with Crippen LogP contribution in [0.25, 0.3) is 0 Å². The average molecular weight is 273 g/mol. The van der Waals surface area contributed by atoms with Crippen LogP contribution in [0.2, 0.25) is 0 Å². The smallest absolute Gasteiger partial charge is 0.139 e. The van der Waals surface area contributed by atoms with E-state index in [-0.39, 0.29) is 12.1 Å². The van der Waals surface area contributed by atoms with Crippen LogP contribution in [0.5, 0.6) is 0 Å². The summed E-state index contributed by atoms with van der Waals surface area (Å²) in [4.78, 5) is 10.00. The molecule has 4 heteroatoms. The van der Waals surface area contributed by atoms with E-state index in [1.54, 1.807) is 0 Å². The van der Waals surface area contributed by atoms with Gasteiger partial charge in [-0.15, -0.1) is 0 Å². The van der Waals surface area contributed by atoms with Crippen molar-refractivity contribution in [1.82, 2.24) is 5.32 Å². The van der Waals surface area contributed by atoms with Crippen molar-refractivity contribution in [3.63, 3.8) is 0 Å². The molecular weight excluding hydrogens is 242 g/mol. The zero-order chi connectivity index (χ0) is 14.5. The Morgan fingerprint density at radius 3 is 2.37 bits per heavy atom. The van der Waals surface area contributed by atoms with Gasteiger partial charge in [-0.3, -0.25) is 0 Å². The molecule has 0 aromatic rings. The molecule has 0 bridgehead atoms. The number of hydrogen-bond donors (Lipinski definition) is 3. The van der Waals surface area contributed by atoms with Crippen LogP contribution < -0.4 is 5.32 Å². The predicted octanol–water partition coefficient (Wildman–Crippen LogP) is 2.03. The highest BCUT2D eigenvalue weighted by molar-refractivity contribution is 5.59. The third-order valence-corrected chi connectivity index (χ3v) is 3.39. The van der Waals surface area contributed by atoms with Crippen molar-refractivity contribution in [1.29, 1.82) is 0 Å². The number of aldehydes is 1. The minimum absolute atomic E-state index is 0.0307. The Hall–Kier alpha value is -0.450. The lowest BCUT2D eigenvalue weighted by Crippen LogP contribution is -2.31. The maximum atomic E-state index is 10.00. The Labute approximate surface area is 117 Å². The number of aliphatic hydroxyl groups is 2. The lowest BCUT2D eigenvalue weighted by Gasteiger charge is -2.07. The van der Waals surface area contributed by atoms with Crippen LogP contribution in [0, 0.1) is 0 Å². The van der Waals surface area contributed by atoms with E-state index >= 15 is 0 Å². The summed E-state index contributed by atoms with van der Waals surface area (Å²) in [6, 6.07) is -0.310. The van der Waals surface area contributed by atoms with Gasteiger partial charge in [0.15, 0.2) is 0 Å². The van der Waals surface area contributed by atoms with Gasteiger partial charge < -0.3 is 20.3 Å². The highest BCUT2D eigenvalue weighted by Gasteiger charge is 2.22. The van der Waals surface area contributed by atoms with Gasteiger partial charge in [-0.05, 0) is 25.8 Å². The molecule has 0 aromatic heterocycles. The zero-order valence-corrected chi connectivity index (χ0v) is 12.5. The molecule has 0 amide bonds. The van der Waals surface area contributed by atoms with Crippen molar-refractivity contribution in [3.05, 3.63) is 0 Å². The third-order valence-electron chi connectivity index (χ3n) is 3.39. The van der Waals surface area contributed by atoms with Gasteiger partial charge in [-0.25, -0.2) is 0 Å². The second kappa shape index (κ2) is 12.6. The minimum atomic E-state index is -0.451. The van der Waals surface area contributed by atoms with E-state index in [9.17, 15) is 9.90 Å². The fourth-order valence-corrected chi connectivity index (χ4v) is 2.14. The first kappa shape index (κ1) is 18.6. The van der Waals surface area contributed by atoms with Gasteiger partial charge in [0.25, 0.3) is 0 Å². The SMILES string of the molecule is CCCCCCC(O)CCC.O=CC1NCCC1O. The molecule has 4 nitrogen and oxygen atoms in total. The van der Waals surface area contributed by atoms with Crippen LogP contribution >= 0.6 is 0 Å². The van der Waals surface area contributed by atoms with Crippen LogP contribution in [0.1, 0.15) is 65.2 Å². The van der Waals surface area contributed by atoms with E-state index in [4.69, 9.17) is 5.11 Å². The normalized spacial score (nSPS) is 23.6. The standard InChI is InChI=1S/C10H22O.C5H9NO2/c1-3-5-6-7-9-10(11)8-4-2;7-3-4-5(8)1-2-6-4/h10-11H,3-9H2,1-2H3;3-6,8H,1-2H2. The molecule has 3 unspecified atom stereocenters. The molecule has 0 aromatic carbocycles. The van der Waals surface area contributed by atoms with Crippen LogP contribution in [0.4, 0.5) is 0 Å². The van der Waals surface area contributed by atoms with E-state index in [0.29, 0.717) is 6.42 Å². The molecule has 19 heavy (non-hydrogen) atoms.